The Labute approximate surface area is 228 Å². The van der Waals surface area contributed by atoms with Gasteiger partial charge in [-0.25, -0.2) is 4.98 Å². The van der Waals surface area contributed by atoms with E-state index in [9.17, 15) is 4.79 Å². The number of pyridine rings is 2. The first-order valence-electron chi connectivity index (χ1n) is 13.5. The molecule has 1 atom stereocenters. The Hall–Kier alpha value is -3.85. The number of unbranched alkanes of at least 4 members (excludes halogenated alkanes) is 1. The highest BCUT2D eigenvalue weighted by Gasteiger charge is 2.13. The first-order chi connectivity index (χ1) is 19.2. The smallest absolute Gasteiger partial charge is 0.238 e. The van der Waals surface area contributed by atoms with Crippen LogP contribution in [-0.2, 0) is 14.3 Å². The van der Waals surface area contributed by atoms with Crippen molar-refractivity contribution in [2.75, 3.05) is 31.7 Å². The molecule has 1 fully saturated rings. The molecule has 0 saturated carbocycles. The quantitative estimate of drug-likeness (QED) is 0.246. The summed E-state index contributed by atoms with van der Waals surface area (Å²) in [5.74, 6) is 0.590. The highest BCUT2D eigenvalue weighted by atomic mass is 16.7. The third-order valence-corrected chi connectivity index (χ3v) is 6.69. The predicted octanol–water partition coefficient (Wildman–Crippen LogP) is 5.56. The molecular formula is C31H34N4O4. The van der Waals surface area contributed by atoms with E-state index >= 15 is 0 Å². The highest BCUT2D eigenvalue weighted by Crippen LogP contribution is 2.30. The molecule has 0 radical (unpaired) electrons. The number of benzene rings is 2. The number of hydrogen-bond acceptors (Lipinski definition) is 7. The van der Waals surface area contributed by atoms with Crippen LogP contribution in [-0.4, -0.2) is 48.5 Å². The number of carbonyl (C=O) groups excluding carboxylic acids is 1. The highest BCUT2D eigenvalue weighted by molar-refractivity contribution is 6.02. The van der Waals surface area contributed by atoms with Crippen LogP contribution in [0.3, 0.4) is 0 Å². The summed E-state index contributed by atoms with van der Waals surface area (Å²) in [7, 11) is 0. The second-order valence-corrected chi connectivity index (χ2v) is 9.52. The van der Waals surface area contributed by atoms with E-state index in [2.05, 4.69) is 34.6 Å². The van der Waals surface area contributed by atoms with Gasteiger partial charge in [0, 0.05) is 36.6 Å². The number of carbonyl (C=O) groups is 1. The van der Waals surface area contributed by atoms with E-state index in [1.165, 1.54) is 6.42 Å². The molecule has 2 aromatic heterocycles. The summed E-state index contributed by atoms with van der Waals surface area (Å²) in [6.07, 6.45) is 8.57. The number of hydrogen-bond donors (Lipinski definition) is 2. The predicted molar refractivity (Wildman–Crippen MR) is 152 cm³/mol. The molecular weight excluding hydrogens is 492 g/mol. The Morgan fingerprint density at radius 3 is 2.46 bits per heavy atom. The molecule has 0 bridgehead atoms. The maximum absolute atomic E-state index is 12.0. The molecule has 0 aliphatic carbocycles. The Balaban J connectivity index is 1.17. The third kappa shape index (κ3) is 7.17. The zero-order valence-corrected chi connectivity index (χ0v) is 22.0. The van der Waals surface area contributed by atoms with Crippen LogP contribution in [0.15, 0.2) is 73.1 Å². The second kappa shape index (κ2) is 13.3. The van der Waals surface area contributed by atoms with Gasteiger partial charge in [0.05, 0.1) is 30.0 Å². The largest absolute Gasteiger partial charge is 0.494 e. The van der Waals surface area contributed by atoms with Crippen molar-refractivity contribution >= 4 is 22.5 Å². The lowest BCUT2D eigenvalue weighted by molar-refractivity contribution is -0.162. The van der Waals surface area contributed by atoms with Gasteiger partial charge in [0.1, 0.15) is 5.75 Å². The van der Waals surface area contributed by atoms with Gasteiger partial charge in [0.2, 0.25) is 5.91 Å². The molecule has 3 N–H and O–H groups in total. The minimum Gasteiger partial charge on any atom is -0.494 e. The average Bonchev–Trinajstić information content (AvgIpc) is 2.99. The number of aromatic nitrogens is 2. The molecule has 1 unspecified atom stereocenters. The average molecular weight is 527 g/mol. The minimum absolute atomic E-state index is 0.0239. The van der Waals surface area contributed by atoms with Crippen LogP contribution in [0, 0.1) is 0 Å². The van der Waals surface area contributed by atoms with Gasteiger partial charge in [-0.15, -0.1) is 0 Å². The first kappa shape index (κ1) is 26.7. The standard InChI is InChI=1S/C31H34N4O4/c32-20-30(36)35-29-19-28(34-27-14-15-33-21-26(27)29)24-8-6-22(7-9-24)23-10-12-25(13-11-23)37-16-3-4-18-39-31-5-1-2-17-38-31/h6-15,19,21,31H,1-5,16-18,20,32H2,(H,34,35,36). The van der Waals surface area contributed by atoms with Gasteiger partial charge in [-0.3, -0.25) is 9.78 Å². The van der Waals surface area contributed by atoms with Crippen LogP contribution >= 0.6 is 0 Å². The number of amides is 1. The zero-order valence-electron chi connectivity index (χ0n) is 22.0. The number of nitrogens with one attached hydrogen (secondary N) is 1. The molecule has 202 valence electrons. The Bertz CT molecular complexity index is 1370. The van der Waals surface area contributed by atoms with Crippen LogP contribution in [0.2, 0.25) is 0 Å². The normalized spacial score (nSPS) is 15.3. The number of anilines is 1. The molecule has 1 amide bonds. The van der Waals surface area contributed by atoms with E-state index in [0.717, 1.165) is 71.3 Å². The molecule has 1 saturated heterocycles. The number of fused-ring (bicyclic) bond motifs is 1. The molecule has 4 aromatic rings. The number of nitrogens with zero attached hydrogens (tertiary/aromatic N) is 2. The molecule has 0 spiro atoms. The van der Waals surface area contributed by atoms with Crippen molar-refractivity contribution < 1.29 is 19.0 Å². The summed E-state index contributed by atoms with van der Waals surface area (Å²) >= 11 is 0. The van der Waals surface area contributed by atoms with E-state index in [-0.39, 0.29) is 18.7 Å². The first-order valence-corrected chi connectivity index (χ1v) is 13.5. The Morgan fingerprint density at radius 2 is 1.72 bits per heavy atom. The summed E-state index contributed by atoms with van der Waals surface area (Å²) in [4.78, 5) is 20.9. The third-order valence-electron chi connectivity index (χ3n) is 6.69. The lowest BCUT2D eigenvalue weighted by Crippen LogP contribution is -2.22. The van der Waals surface area contributed by atoms with Crippen molar-refractivity contribution in [1.29, 1.82) is 0 Å². The fraction of sp³-hybridized carbons (Fsp3) is 0.323. The minimum atomic E-state index is -0.265. The molecule has 8 heteroatoms. The van der Waals surface area contributed by atoms with Gasteiger partial charge < -0.3 is 25.3 Å². The molecule has 2 aromatic carbocycles. The van der Waals surface area contributed by atoms with Gasteiger partial charge in [0.15, 0.2) is 6.29 Å². The fourth-order valence-corrected chi connectivity index (χ4v) is 4.55. The van der Waals surface area contributed by atoms with Crippen molar-refractivity contribution in [3.8, 4) is 28.1 Å². The van der Waals surface area contributed by atoms with E-state index in [1.807, 2.05) is 36.4 Å². The molecule has 8 nitrogen and oxygen atoms in total. The van der Waals surface area contributed by atoms with Crippen molar-refractivity contribution in [3.05, 3.63) is 73.1 Å². The van der Waals surface area contributed by atoms with Crippen LogP contribution < -0.4 is 15.8 Å². The SMILES string of the molecule is NCC(=O)Nc1cc(-c2ccc(-c3ccc(OCCCCOC4CCCCO4)cc3)cc2)nc2ccncc12. The number of rotatable bonds is 11. The number of nitrogens with two attached hydrogens (primary N) is 1. The maximum atomic E-state index is 12.0. The monoisotopic (exact) mass is 526 g/mol. The Morgan fingerprint density at radius 1 is 0.974 bits per heavy atom. The maximum Gasteiger partial charge on any atom is 0.238 e. The second-order valence-electron chi connectivity index (χ2n) is 9.52. The van der Waals surface area contributed by atoms with Gasteiger partial charge in [-0.05, 0) is 67.5 Å². The van der Waals surface area contributed by atoms with Gasteiger partial charge >= 0.3 is 0 Å². The fourth-order valence-electron chi connectivity index (χ4n) is 4.55. The molecule has 5 rings (SSSR count). The van der Waals surface area contributed by atoms with Gasteiger partial charge in [0.25, 0.3) is 0 Å². The lowest BCUT2D eigenvalue weighted by atomic mass is 10.0. The van der Waals surface area contributed by atoms with Gasteiger partial charge in [-0.2, -0.15) is 0 Å². The summed E-state index contributed by atoms with van der Waals surface area (Å²) in [5, 5.41) is 3.63. The topological polar surface area (TPSA) is 109 Å². The summed E-state index contributed by atoms with van der Waals surface area (Å²) in [6.45, 7) is 2.08. The van der Waals surface area contributed by atoms with Crippen molar-refractivity contribution in [3.63, 3.8) is 0 Å². The van der Waals surface area contributed by atoms with Crippen molar-refractivity contribution in [2.45, 2.75) is 38.4 Å². The van der Waals surface area contributed by atoms with Crippen LogP contribution in [0.5, 0.6) is 5.75 Å². The van der Waals surface area contributed by atoms with Crippen LogP contribution in [0.1, 0.15) is 32.1 Å². The Kier molecular flexibility index (Phi) is 9.11. The van der Waals surface area contributed by atoms with E-state index < -0.39 is 0 Å². The zero-order chi connectivity index (χ0) is 26.9. The van der Waals surface area contributed by atoms with Crippen LogP contribution in [0.4, 0.5) is 5.69 Å². The van der Waals surface area contributed by atoms with Crippen LogP contribution in [0.25, 0.3) is 33.3 Å². The van der Waals surface area contributed by atoms with Crippen molar-refractivity contribution in [2.24, 2.45) is 5.73 Å². The van der Waals surface area contributed by atoms with E-state index in [4.69, 9.17) is 24.9 Å². The molecule has 1 aliphatic heterocycles. The van der Waals surface area contributed by atoms with Crippen molar-refractivity contribution in [1.82, 2.24) is 9.97 Å². The molecule has 3 heterocycles. The summed E-state index contributed by atoms with van der Waals surface area (Å²) in [5.41, 5.74) is 10.8. The van der Waals surface area contributed by atoms with E-state index in [0.29, 0.717) is 18.9 Å². The lowest BCUT2D eigenvalue weighted by Gasteiger charge is -2.22. The summed E-state index contributed by atoms with van der Waals surface area (Å²) in [6, 6.07) is 20.0. The number of ether oxygens (including phenoxy) is 3. The molecule has 1 aliphatic rings. The molecule has 39 heavy (non-hydrogen) atoms. The van der Waals surface area contributed by atoms with E-state index in [1.54, 1.807) is 12.4 Å². The summed E-state index contributed by atoms with van der Waals surface area (Å²) < 4.78 is 17.3. The van der Waals surface area contributed by atoms with Gasteiger partial charge in [-0.1, -0.05) is 36.4 Å².